The summed E-state index contributed by atoms with van der Waals surface area (Å²) in [5, 5.41) is -0.205. The van der Waals surface area contributed by atoms with E-state index in [1.165, 1.54) is 0 Å². The molecule has 0 amide bonds. The van der Waals surface area contributed by atoms with Gasteiger partial charge in [-0.05, 0) is 5.56 Å². The van der Waals surface area contributed by atoms with Crippen LogP contribution in [0.5, 0.6) is 0 Å². The summed E-state index contributed by atoms with van der Waals surface area (Å²) in [6.07, 6.45) is -0.288. The molecule has 3 heteroatoms. The van der Waals surface area contributed by atoms with Crippen molar-refractivity contribution in [2.75, 3.05) is 13.2 Å². The molecule has 0 saturated carbocycles. The fraction of sp³-hybridized carbons (Fsp3) is 0.400. The molecule has 1 aromatic carbocycles. The third-order valence-corrected chi connectivity index (χ3v) is 2.46. The first-order chi connectivity index (χ1) is 6.38. The van der Waals surface area contributed by atoms with Crippen molar-refractivity contribution in [2.24, 2.45) is 0 Å². The standard InChI is InChI=1S/C10H11ClO2/c11-9(10-12-6-7-13-10)8-4-2-1-3-5-8/h1-5,9-10H,6-7H2. The van der Waals surface area contributed by atoms with Gasteiger partial charge in [-0.1, -0.05) is 30.3 Å². The average Bonchev–Trinajstić information content (AvgIpc) is 2.71. The molecule has 1 aromatic rings. The first-order valence-electron chi connectivity index (χ1n) is 4.30. The van der Waals surface area contributed by atoms with E-state index in [9.17, 15) is 0 Å². The van der Waals surface area contributed by atoms with Crippen molar-refractivity contribution in [1.29, 1.82) is 0 Å². The molecule has 1 unspecified atom stereocenters. The number of ether oxygens (including phenoxy) is 2. The van der Waals surface area contributed by atoms with Gasteiger partial charge in [-0.2, -0.15) is 0 Å². The number of benzene rings is 1. The molecule has 1 aliphatic heterocycles. The van der Waals surface area contributed by atoms with Gasteiger partial charge in [0.05, 0.1) is 13.2 Å². The molecule has 0 radical (unpaired) electrons. The lowest BCUT2D eigenvalue weighted by atomic mass is 10.1. The van der Waals surface area contributed by atoms with Crippen LogP contribution in [0.1, 0.15) is 10.9 Å². The summed E-state index contributed by atoms with van der Waals surface area (Å²) in [5.74, 6) is 0. The normalized spacial score (nSPS) is 20.4. The van der Waals surface area contributed by atoms with E-state index in [1.807, 2.05) is 30.3 Å². The van der Waals surface area contributed by atoms with Crippen molar-refractivity contribution in [1.82, 2.24) is 0 Å². The molecule has 0 bridgehead atoms. The minimum absolute atomic E-state index is 0.205. The lowest BCUT2D eigenvalue weighted by molar-refractivity contribution is -0.0439. The summed E-state index contributed by atoms with van der Waals surface area (Å²) in [4.78, 5) is 0. The fourth-order valence-electron chi connectivity index (χ4n) is 1.34. The van der Waals surface area contributed by atoms with Crippen LogP contribution in [0.4, 0.5) is 0 Å². The average molecular weight is 199 g/mol. The molecule has 1 saturated heterocycles. The van der Waals surface area contributed by atoms with Crippen molar-refractivity contribution in [3.05, 3.63) is 35.9 Å². The monoisotopic (exact) mass is 198 g/mol. The zero-order valence-corrected chi connectivity index (χ0v) is 7.91. The smallest absolute Gasteiger partial charge is 0.178 e. The summed E-state index contributed by atoms with van der Waals surface area (Å²) < 4.78 is 10.6. The second-order valence-corrected chi connectivity index (χ2v) is 3.39. The highest BCUT2D eigenvalue weighted by molar-refractivity contribution is 6.21. The Labute approximate surface area is 82.4 Å². The second kappa shape index (κ2) is 4.09. The molecule has 2 rings (SSSR count). The molecule has 1 atom stereocenters. The summed E-state index contributed by atoms with van der Waals surface area (Å²) in [7, 11) is 0. The predicted octanol–water partition coefficient (Wildman–Crippen LogP) is 2.34. The van der Waals surface area contributed by atoms with E-state index in [0.717, 1.165) is 5.56 Å². The third-order valence-electron chi connectivity index (χ3n) is 2.00. The summed E-state index contributed by atoms with van der Waals surface area (Å²) >= 11 is 6.16. The first kappa shape index (κ1) is 9.00. The molecule has 0 aromatic heterocycles. The topological polar surface area (TPSA) is 18.5 Å². The SMILES string of the molecule is ClC(c1ccccc1)C1OCCO1. The lowest BCUT2D eigenvalue weighted by Crippen LogP contribution is -2.14. The van der Waals surface area contributed by atoms with Crippen molar-refractivity contribution < 1.29 is 9.47 Å². The van der Waals surface area contributed by atoms with E-state index in [1.54, 1.807) is 0 Å². The van der Waals surface area contributed by atoms with Gasteiger partial charge in [-0.15, -0.1) is 11.6 Å². The van der Waals surface area contributed by atoms with Crippen LogP contribution in [-0.4, -0.2) is 19.5 Å². The fourth-order valence-corrected chi connectivity index (χ4v) is 1.63. The summed E-state index contributed by atoms with van der Waals surface area (Å²) in [6.45, 7) is 1.28. The van der Waals surface area contributed by atoms with Gasteiger partial charge in [0.25, 0.3) is 0 Å². The van der Waals surface area contributed by atoms with Crippen LogP contribution < -0.4 is 0 Å². The molecule has 1 heterocycles. The minimum Gasteiger partial charge on any atom is -0.348 e. The highest BCUT2D eigenvalue weighted by atomic mass is 35.5. The van der Waals surface area contributed by atoms with E-state index in [0.29, 0.717) is 13.2 Å². The third kappa shape index (κ3) is 2.02. The molecule has 0 spiro atoms. The maximum Gasteiger partial charge on any atom is 0.178 e. The van der Waals surface area contributed by atoms with Crippen LogP contribution in [0, 0.1) is 0 Å². The summed E-state index contributed by atoms with van der Waals surface area (Å²) in [5.41, 5.74) is 1.04. The number of halogens is 1. The van der Waals surface area contributed by atoms with Crippen molar-refractivity contribution in [3.63, 3.8) is 0 Å². The molecule has 1 fully saturated rings. The van der Waals surface area contributed by atoms with Gasteiger partial charge >= 0.3 is 0 Å². The molecule has 1 aliphatic rings. The van der Waals surface area contributed by atoms with Crippen LogP contribution in [0.15, 0.2) is 30.3 Å². The quantitative estimate of drug-likeness (QED) is 0.680. The van der Waals surface area contributed by atoms with Crippen LogP contribution in [-0.2, 0) is 9.47 Å². The molecular formula is C10H11ClO2. The second-order valence-electron chi connectivity index (χ2n) is 2.92. The molecule has 13 heavy (non-hydrogen) atoms. The van der Waals surface area contributed by atoms with Gasteiger partial charge in [-0.25, -0.2) is 0 Å². The van der Waals surface area contributed by atoms with Gasteiger partial charge in [-0.3, -0.25) is 0 Å². The molecular weight excluding hydrogens is 188 g/mol. The van der Waals surface area contributed by atoms with E-state index in [2.05, 4.69) is 0 Å². The van der Waals surface area contributed by atoms with E-state index >= 15 is 0 Å². The number of hydrogen-bond donors (Lipinski definition) is 0. The van der Waals surface area contributed by atoms with Gasteiger partial charge < -0.3 is 9.47 Å². The maximum atomic E-state index is 6.16. The first-order valence-corrected chi connectivity index (χ1v) is 4.74. The Hall–Kier alpha value is -0.570. The predicted molar refractivity (Wildman–Crippen MR) is 50.7 cm³/mol. The van der Waals surface area contributed by atoms with E-state index in [-0.39, 0.29) is 11.7 Å². The zero-order valence-electron chi connectivity index (χ0n) is 7.15. The van der Waals surface area contributed by atoms with E-state index < -0.39 is 0 Å². The van der Waals surface area contributed by atoms with E-state index in [4.69, 9.17) is 21.1 Å². The van der Waals surface area contributed by atoms with Gasteiger partial charge in [0, 0.05) is 0 Å². The Kier molecular flexibility index (Phi) is 2.83. The van der Waals surface area contributed by atoms with Crippen LogP contribution in [0.2, 0.25) is 0 Å². The zero-order chi connectivity index (χ0) is 9.10. The van der Waals surface area contributed by atoms with Crippen LogP contribution >= 0.6 is 11.6 Å². The van der Waals surface area contributed by atoms with Crippen molar-refractivity contribution in [2.45, 2.75) is 11.7 Å². The lowest BCUT2D eigenvalue weighted by Gasteiger charge is -2.15. The minimum atomic E-state index is -0.288. The summed E-state index contributed by atoms with van der Waals surface area (Å²) in [6, 6.07) is 9.83. The number of alkyl halides is 1. The Morgan fingerprint density at radius 3 is 2.38 bits per heavy atom. The molecule has 2 nitrogen and oxygen atoms in total. The molecule has 0 aliphatic carbocycles. The molecule has 70 valence electrons. The number of rotatable bonds is 2. The Morgan fingerprint density at radius 2 is 1.77 bits per heavy atom. The van der Waals surface area contributed by atoms with Gasteiger partial charge in [0.2, 0.25) is 0 Å². The molecule has 0 N–H and O–H groups in total. The highest BCUT2D eigenvalue weighted by Gasteiger charge is 2.25. The Morgan fingerprint density at radius 1 is 1.15 bits per heavy atom. The number of hydrogen-bond acceptors (Lipinski definition) is 2. The van der Waals surface area contributed by atoms with Gasteiger partial charge in [0.15, 0.2) is 6.29 Å². The Balaban J connectivity index is 2.08. The van der Waals surface area contributed by atoms with Crippen LogP contribution in [0.25, 0.3) is 0 Å². The largest absolute Gasteiger partial charge is 0.348 e. The van der Waals surface area contributed by atoms with Gasteiger partial charge in [0.1, 0.15) is 5.38 Å². The van der Waals surface area contributed by atoms with Crippen molar-refractivity contribution in [3.8, 4) is 0 Å². The van der Waals surface area contributed by atoms with Crippen LogP contribution in [0.3, 0.4) is 0 Å². The van der Waals surface area contributed by atoms with Crippen molar-refractivity contribution >= 4 is 11.6 Å². The maximum absolute atomic E-state index is 6.16. The highest BCUT2D eigenvalue weighted by Crippen LogP contribution is 2.28. The Bertz CT molecular complexity index is 257.